The number of pyridine rings is 1. The molecular weight excluding hydrogens is 218 g/mol. The maximum atomic E-state index is 11.3. The van der Waals surface area contributed by atoms with Crippen LogP contribution in [0.5, 0.6) is 0 Å². The second-order valence-electron chi connectivity index (χ2n) is 3.53. The van der Waals surface area contributed by atoms with Crippen LogP contribution in [0, 0.1) is 4.91 Å². The van der Waals surface area contributed by atoms with Crippen LogP contribution >= 0.6 is 11.6 Å². The number of β-amino-alcohol motifs (C(OH)–C–C–N with tert-alkyl or cyclic N) is 1. The lowest BCUT2D eigenvalue weighted by Gasteiger charge is -2.37. The number of hydrogen-bond acceptors (Lipinski definition) is 4. The summed E-state index contributed by atoms with van der Waals surface area (Å²) in [6.45, 7) is 1.06. The molecule has 1 aliphatic heterocycles. The number of aliphatic hydroxyl groups is 1. The number of nitrogens with zero attached hydrogens (tertiary/aromatic N) is 3. The van der Waals surface area contributed by atoms with E-state index in [0.29, 0.717) is 23.5 Å². The molecule has 80 valence electrons. The standard InChI is InChI=1S/C9H11ClN3O2/c1-12(15)8-7(2-3-11-9(8)10)13-4-6(14)5-13/h2-3,6,14H,4-5H2,1H3/q+1. The monoisotopic (exact) mass is 228 g/mol. The summed E-state index contributed by atoms with van der Waals surface area (Å²) in [5.74, 6) is 0. The topological polar surface area (TPSA) is 56.4 Å². The van der Waals surface area contributed by atoms with Crippen LogP contribution in [0.2, 0.25) is 5.15 Å². The number of anilines is 1. The smallest absolute Gasteiger partial charge is 0.315 e. The highest BCUT2D eigenvalue weighted by molar-refractivity contribution is 6.32. The summed E-state index contributed by atoms with van der Waals surface area (Å²) in [6.07, 6.45) is 1.23. The van der Waals surface area contributed by atoms with E-state index >= 15 is 0 Å². The van der Waals surface area contributed by atoms with E-state index in [9.17, 15) is 10.0 Å². The zero-order chi connectivity index (χ0) is 11.0. The Kier molecular flexibility index (Phi) is 2.58. The quantitative estimate of drug-likeness (QED) is 0.605. The third-order valence-corrected chi connectivity index (χ3v) is 2.65. The lowest BCUT2D eigenvalue weighted by molar-refractivity contribution is -0.427. The van der Waals surface area contributed by atoms with Crippen molar-refractivity contribution in [2.75, 3.05) is 25.0 Å². The molecule has 1 fully saturated rings. The van der Waals surface area contributed by atoms with Gasteiger partial charge in [-0.05, 0) is 6.07 Å². The summed E-state index contributed by atoms with van der Waals surface area (Å²) in [7, 11) is 1.38. The Morgan fingerprint density at radius 2 is 2.33 bits per heavy atom. The van der Waals surface area contributed by atoms with Crippen LogP contribution in [-0.2, 0) is 0 Å². The van der Waals surface area contributed by atoms with Crippen LogP contribution in [0.4, 0.5) is 11.4 Å². The van der Waals surface area contributed by atoms with Gasteiger partial charge >= 0.3 is 5.69 Å². The molecule has 0 spiro atoms. The second kappa shape index (κ2) is 3.75. The minimum atomic E-state index is -0.318. The number of aromatic nitrogens is 1. The van der Waals surface area contributed by atoms with Gasteiger partial charge in [-0.3, -0.25) is 0 Å². The Labute approximate surface area is 91.9 Å². The lowest BCUT2D eigenvalue weighted by atomic mass is 10.1. The van der Waals surface area contributed by atoms with Crippen LogP contribution in [0.1, 0.15) is 0 Å². The first-order valence-corrected chi connectivity index (χ1v) is 4.95. The first-order valence-electron chi connectivity index (χ1n) is 4.58. The zero-order valence-corrected chi connectivity index (χ0v) is 8.98. The average Bonchev–Trinajstić information content (AvgIpc) is 2.12. The third kappa shape index (κ3) is 1.80. The molecule has 2 heterocycles. The van der Waals surface area contributed by atoms with E-state index in [2.05, 4.69) is 4.98 Å². The Bertz CT molecular complexity index is 404. The number of rotatable bonds is 2. The van der Waals surface area contributed by atoms with Gasteiger partial charge in [0.25, 0.3) is 0 Å². The fourth-order valence-corrected chi connectivity index (χ4v) is 1.89. The molecule has 0 saturated carbocycles. The highest BCUT2D eigenvalue weighted by atomic mass is 35.5. The van der Waals surface area contributed by atoms with Crippen molar-refractivity contribution in [3.63, 3.8) is 0 Å². The molecular formula is C9H11ClN3O2+. The predicted octanol–water partition coefficient (Wildman–Crippen LogP) is 0.956. The van der Waals surface area contributed by atoms with Crippen molar-refractivity contribution < 1.29 is 9.87 Å². The highest BCUT2D eigenvalue weighted by Gasteiger charge is 2.31. The molecule has 0 aromatic carbocycles. The largest absolute Gasteiger partial charge is 0.389 e. The predicted molar refractivity (Wildman–Crippen MR) is 56.7 cm³/mol. The molecule has 1 aromatic rings. The molecule has 1 aromatic heterocycles. The van der Waals surface area contributed by atoms with Crippen LogP contribution in [0.15, 0.2) is 12.3 Å². The number of nitroso groups, excluding NO2 is 1. The van der Waals surface area contributed by atoms with Crippen molar-refractivity contribution in [3.8, 4) is 0 Å². The van der Waals surface area contributed by atoms with Gasteiger partial charge in [-0.25, -0.2) is 4.98 Å². The Morgan fingerprint density at radius 1 is 1.67 bits per heavy atom. The van der Waals surface area contributed by atoms with Gasteiger partial charge in [0, 0.05) is 29.0 Å². The summed E-state index contributed by atoms with van der Waals surface area (Å²) >= 11 is 5.84. The highest BCUT2D eigenvalue weighted by Crippen LogP contribution is 2.35. The number of halogens is 1. The Morgan fingerprint density at radius 3 is 2.87 bits per heavy atom. The van der Waals surface area contributed by atoms with Gasteiger partial charge in [0.1, 0.15) is 5.69 Å². The zero-order valence-electron chi connectivity index (χ0n) is 8.22. The molecule has 0 radical (unpaired) electrons. The summed E-state index contributed by atoms with van der Waals surface area (Å²) in [4.78, 5) is 17.1. The molecule has 0 aliphatic carbocycles. The Balaban J connectivity index is 2.38. The molecule has 6 heteroatoms. The normalized spacial score (nSPS) is 16.3. The average molecular weight is 229 g/mol. The van der Waals surface area contributed by atoms with Gasteiger partial charge in [0.2, 0.25) is 5.15 Å². The van der Waals surface area contributed by atoms with Crippen molar-refractivity contribution in [1.82, 2.24) is 4.98 Å². The van der Waals surface area contributed by atoms with Gasteiger partial charge in [-0.15, -0.1) is 0 Å². The van der Waals surface area contributed by atoms with E-state index in [1.54, 1.807) is 12.3 Å². The lowest BCUT2D eigenvalue weighted by Crippen LogP contribution is -2.51. The molecule has 5 nitrogen and oxygen atoms in total. The first-order chi connectivity index (χ1) is 7.09. The van der Waals surface area contributed by atoms with Crippen molar-refractivity contribution in [1.29, 1.82) is 0 Å². The minimum Gasteiger partial charge on any atom is -0.389 e. The first kappa shape index (κ1) is 10.3. The number of aliphatic hydroxyl groups excluding tert-OH is 1. The van der Waals surface area contributed by atoms with Crippen LogP contribution in [-0.4, -0.2) is 41.1 Å². The van der Waals surface area contributed by atoms with Crippen LogP contribution in [0.25, 0.3) is 0 Å². The van der Waals surface area contributed by atoms with E-state index in [1.807, 2.05) is 4.90 Å². The minimum absolute atomic E-state index is 0.186. The van der Waals surface area contributed by atoms with E-state index in [0.717, 1.165) is 5.69 Å². The van der Waals surface area contributed by atoms with E-state index < -0.39 is 0 Å². The van der Waals surface area contributed by atoms with E-state index in [1.165, 1.54) is 7.05 Å². The van der Waals surface area contributed by atoms with Crippen molar-refractivity contribution in [3.05, 3.63) is 22.3 Å². The maximum absolute atomic E-state index is 11.3. The van der Waals surface area contributed by atoms with Crippen molar-refractivity contribution >= 4 is 23.0 Å². The van der Waals surface area contributed by atoms with Gasteiger partial charge in [0.05, 0.1) is 6.10 Å². The summed E-state index contributed by atoms with van der Waals surface area (Å²) in [5.41, 5.74) is 1.07. The third-order valence-electron chi connectivity index (χ3n) is 2.38. The van der Waals surface area contributed by atoms with E-state index in [4.69, 9.17) is 11.6 Å². The SMILES string of the molecule is C[N+](=O)c1c(N2CC(O)C2)ccnc1Cl. The van der Waals surface area contributed by atoms with Crippen LogP contribution in [0.3, 0.4) is 0 Å². The molecule has 1 saturated heterocycles. The fourth-order valence-electron chi connectivity index (χ4n) is 1.62. The number of hydrogen-bond donors (Lipinski definition) is 1. The second-order valence-corrected chi connectivity index (χ2v) is 3.88. The summed E-state index contributed by atoms with van der Waals surface area (Å²) in [6, 6.07) is 1.72. The van der Waals surface area contributed by atoms with Crippen molar-refractivity contribution in [2.24, 2.45) is 0 Å². The fraction of sp³-hybridized carbons (Fsp3) is 0.444. The molecule has 2 rings (SSSR count). The molecule has 1 aliphatic rings. The van der Waals surface area contributed by atoms with Gasteiger partial charge in [-0.1, -0.05) is 11.6 Å². The molecule has 0 bridgehead atoms. The van der Waals surface area contributed by atoms with Crippen LogP contribution < -0.4 is 4.90 Å². The van der Waals surface area contributed by atoms with Gasteiger partial charge < -0.3 is 10.0 Å². The summed E-state index contributed by atoms with van der Waals surface area (Å²) in [5, 5.41) is 9.38. The molecule has 15 heavy (non-hydrogen) atoms. The summed E-state index contributed by atoms with van der Waals surface area (Å²) < 4.78 is 0.690. The molecule has 0 amide bonds. The van der Waals surface area contributed by atoms with Gasteiger partial charge in [0.15, 0.2) is 7.05 Å². The maximum Gasteiger partial charge on any atom is 0.315 e. The molecule has 0 unspecified atom stereocenters. The Hall–Kier alpha value is -1.20. The van der Waals surface area contributed by atoms with Crippen molar-refractivity contribution in [2.45, 2.75) is 6.10 Å². The molecule has 0 atom stereocenters. The van der Waals surface area contributed by atoms with Gasteiger partial charge in [-0.2, -0.15) is 0 Å². The van der Waals surface area contributed by atoms with E-state index in [-0.39, 0.29) is 11.3 Å². The molecule has 1 N–H and O–H groups in total.